The standard InChI is InChI=1S/C23H25N3O4S/c1-28-18-14-17(15-19(29-2)22(18)30-3)12-13-20(27)24-23-26-25-21(31-23)11-7-10-16-8-5-4-6-9-16/h4-6,8-9,12-15H,7,10-11H2,1-3H3,(H,24,26,27)/b13-12+. The number of benzene rings is 2. The van der Waals surface area contributed by atoms with E-state index in [1.807, 2.05) is 18.2 Å². The molecule has 31 heavy (non-hydrogen) atoms. The first-order chi connectivity index (χ1) is 15.1. The van der Waals surface area contributed by atoms with Crippen molar-refractivity contribution >= 4 is 28.5 Å². The summed E-state index contributed by atoms with van der Waals surface area (Å²) < 4.78 is 16.0. The predicted octanol–water partition coefficient (Wildman–Crippen LogP) is 4.39. The molecule has 0 atom stereocenters. The van der Waals surface area contributed by atoms with Crippen molar-refractivity contribution in [2.24, 2.45) is 0 Å². The Morgan fingerprint density at radius 1 is 1.00 bits per heavy atom. The number of carbonyl (C=O) groups excluding carboxylic acids is 1. The Balaban J connectivity index is 1.55. The van der Waals surface area contributed by atoms with Crippen LogP contribution in [-0.2, 0) is 17.6 Å². The molecule has 0 aliphatic heterocycles. The number of carbonyl (C=O) groups is 1. The molecule has 0 saturated carbocycles. The molecule has 0 bridgehead atoms. The topological polar surface area (TPSA) is 82.6 Å². The van der Waals surface area contributed by atoms with Gasteiger partial charge in [-0.3, -0.25) is 10.1 Å². The van der Waals surface area contributed by atoms with Crippen molar-refractivity contribution in [3.05, 3.63) is 64.7 Å². The summed E-state index contributed by atoms with van der Waals surface area (Å²) in [6, 6.07) is 13.9. The first kappa shape index (κ1) is 22.3. The van der Waals surface area contributed by atoms with Crippen LogP contribution in [0, 0.1) is 0 Å². The van der Waals surface area contributed by atoms with E-state index < -0.39 is 0 Å². The van der Waals surface area contributed by atoms with Crippen molar-refractivity contribution in [1.29, 1.82) is 0 Å². The van der Waals surface area contributed by atoms with Gasteiger partial charge in [0.25, 0.3) is 0 Å². The lowest BCUT2D eigenvalue weighted by molar-refractivity contribution is -0.111. The number of ether oxygens (including phenoxy) is 3. The Kier molecular flexibility index (Phi) is 8.00. The second kappa shape index (κ2) is 11.1. The van der Waals surface area contributed by atoms with Crippen molar-refractivity contribution in [2.45, 2.75) is 19.3 Å². The Hall–Kier alpha value is -3.39. The molecule has 0 fully saturated rings. The first-order valence-corrected chi connectivity index (χ1v) is 10.6. The summed E-state index contributed by atoms with van der Waals surface area (Å²) in [4.78, 5) is 12.3. The molecule has 3 rings (SSSR count). The van der Waals surface area contributed by atoms with Crippen LogP contribution in [0.3, 0.4) is 0 Å². The molecule has 0 aliphatic rings. The van der Waals surface area contributed by atoms with E-state index in [0.29, 0.717) is 22.4 Å². The minimum absolute atomic E-state index is 0.291. The number of nitrogens with one attached hydrogen (secondary N) is 1. The number of aryl methyl sites for hydroxylation is 2. The Labute approximate surface area is 185 Å². The van der Waals surface area contributed by atoms with Gasteiger partial charge in [0.2, 0.25) is 16.8 Å². The van der Waals surface area contributed by atoms with Crippen molar-refractivity contribution in [2.75, 3.05) is 26.6 Å². The van der Waals surface area contributed by atoms with Crippen LogP contribution in [-0.4, -0.2) is 37.4 Å². The van der Waals surface area contributed by atoms with Crippen LogP contribution in [0.25, 0.3) is 6.08 Å². The summed E-state index contributed by atoms with van der Waals surface area (Å²) >= 11 is 1.39. The number of aromatic nitrogens is 2. The average Bonchev–Trinajstić information content (AvgIpc) is 3.24. The normalized spacial score (nSPS) is 10.8. The molecule has 0 spiro atoms. The maximum atomic E-state index is 12.3. The highest BCUT2D eigenvalue weighted by atomic mass is 32.1. The molecule has 162 valence electrons. The van der Waals surface area contributed by atoms with Gasteiger partial charge in [0.15, 0.2) is 11.5 Å². The van der Waals surface area contributed by atoms with E-state index in [0.717, 1.165) is 29.8 Å². The molecular weight excluding hydrogens is 414 g/mol. The smallest absolute Gasteiger partial charge is 0.250 e. The van der Waals surface area contributed by atoms with Gasteiger partial charge < -0.3 is 14.2 Å². The summed E-state index contributed by atoms with van der Waals surface area (Å²) in [5.74, 6) is 1.25. The van der Waals surface area contributed by atoms with Crippen LogP contribution in [0.4, 0.5) is 5.13 Å². The second-order valence-electron chi connectivity index (χ2n) is 6.62. The zero-order valence-corrected chi connectivity index (χ0v) is 18.6. The molecular formula is C23H25N3O4S. The molecule has 1 heterocycles. The molecule has 7 nitrogen and oxygen atoms in total. The minimum atomic E-state index is -0.291. The van der Waals surface area contributed by atoms with E-state index >= 15 is 0 Å². The number of rotatable bonds is 10. The van der Waals surface area contributed by atoms with Crippen LogP contribution >= 0.6 is 11.3 Å². The van der Waals surface area contributed by atoms with Crippen molar-refractivity contribution < 1.29 is 19.0 Å². The van der Waals surface area contributed by atoms with Gasteiger partial charge in [-0.25, -0.2) is 0 Å². The second-order valence-corrected chi connectivity index (χ2v) is 7.68. The van der Waals surface area contributed by atoms with Gasteiger partial charge in [-0.05, 0) is 42.2 Å². The van der Waals surface area contributed by atoms with Crippen LogP contribution in [0.5, 0.6) is 17.2 Å². The molecule has 0 unspecified atom stereocenters. The quantitative estimate of drug-likeness (QED) is 0.472. The zero-order valence-electron chi connectivity index (χ0n) is 17.8. The number of hydrogen-bond acceptors (Lipinski definition) is 7. The van der Waals surface area contributed by atoms with Crippen LogP contribution in [0.15, 0.2) is 48.5 Å². The number of hydrogen-bond donors (Lipinski definition) is 1. The molecule has 1 aromatic heterocycles. The van der Waals surface area contributed by atoms with Gasteiger partial charge in [0.05, 0.1) is 21.3 Å². The minimum Gasteiger partial charge on any atom is -0.493 e. The van der Waals surface area contributed by atoms with Gasteiger partial charge in [-0.15, -0.1) is 10.2 Å². The molecule has 0 aliphatic carbocycles. The van der Waals surface area contributed by atoms with Gasteiger partial charge in [-0.1, -0.05) is 41.7 Å². The third kappa shape index (κ3) is 6.29. The van der Waals surface area contributed by atoms with Crippen molar-refractivity contribution in [3.63, 3.8) is 0 Å². The lowest BCUT2D eigenvalue weighted by Gasteiger charge is -2.12. The maximum absolute atomic E-state index is 12.3. The number of amides is 1. The maximum Gasteiger partial charge on any atom is 0.250 e. The summed E-state index contributed by atoms with van der Waals surface area (Å²) in [5.41, 5.74) is 2.04. The van der Waals surface area contributed by atoms with Crippen LogP contribution < -0.4 is 19.5 Å². The fourth-order valence-electron chi connectivity index (χ4n) is 3.01. The Morgan fingerprint density at radius 2 is 1.71 bits per heavy atom. The Morgan fingerprint density at radius 3 is 2.35 bits per heavy atom. The number of nitrogens with zero attached hydrogens (tertiary/aromatic N) is 2. The molecule has 0 saturated heterocycles. The lowest BCUT2D eigenvalue weighted by Crippen LogP contribution is -2.07. The van der Waals surface area contributed by atoms with Gasteiger partial charge in [0, 0.05) is 12.5 Å². The fourth-order valence-corrected chi connectivity index (χ4v) is 3.79. The third-order valence-corrected chi connectivity index (χ3v) is 5.41. The monoisotopic (exact) mass is 439 g/mol. The van der Waals surface area contributed by atoms with E-state index in [9.17, 15) is 4.79 Å². The summed E-state index contributed by atoms with van der Waals surface area (Å²) in [6.45, 7) is 0. The van der Waals surface area contributed by atoms with Crippen LogP contribution in [0.2, 0.25) is 0 Å². The highest BCUT2D eigenvalue weighted by molar-refractivity contribution is 7.15. The zero-order chi connectivity index (χ0) is 22.1. The van der Waals surface area contributed by atoms with Crippen molar-refractivity contribution in [3.8, 4) is 17.2 Å². The van der Waals surface area contributed by atoms with Crippen LogP contribution in [0.1, 0.15) is 22.6 Å². The van der Waals surface area contributed by atoms with E-state index in [2.05, 4.69) is 27.6 Å². The number of methoxy groups -OCH3 is 3. The van der Waals surface area contributed by atoms with E-state index in [1.54, 1.807) is 39.5 Å². The predicted molar refractivity (Wildman–Crippen MR) is 122 cm³/mol. The van der Waals surface area contributed by atoms with Gasteiger partial charge in [0.1, 0.15) is 5.01 Å². The van der Waals surface area contributed by atoms with Gasteiger partial charge in [-0.2, -0.15) is 0 Å². The summed E-state index contributed by atoms with van der Waals surface area (Å²) in [7, 11) is 4.64. The first-order valence-electron chi connectivity index (χ1n) is 9.78. The third-order valence-electron chi connectivity index (χ3n) is 4.51. The SMILES string of the molecule is COc1cc(/C=C/C(=O)Nc2nnc(CCCc3ccccc3)s2)cc(OC)c1OC. The summed E-state index contributed by atoms with van der Waals surface area (Å²) in [5, 5.41) is 12.4. The Bertz CT molecular complexity index is 1010. The van der Waals surface area contributed by atoms with E-state index in [1.165, 1.54) is 23.0 Å². The molecule has 1 amide bonds. The molecule has 0 radical (unpaired) electrons. The van der Waals surface area contributed by atoms with E-state index in [-0.39, 0.29) is 5.91 Å². The number of anilines is 1. The largest absolute Gasteiger partial charge is 0.493 e. The van der Waals surface area contributed by atoms with E-state index in [4.69, 9.17) is 14.2 Å². The fraction of sp³-hybridized carbons (Fsp3) is 0.261. The molecule has 1 N–H and O–H groups in total. The molecule has 8 heteroatoms. The lowest BCUT2D eigenvalue weighted by atomic mass is 10.1. The van der Waals surface area contributed by atoms with Gasteiger partial charge >= 0.3 is 0 Å². The average molecular weight is 440 g/mol. The molecule has 3 aromatic rings. The highest BCUT2D eigenvalue weighted by Crippen LogP contribution is 2.38. The van der Waals surface area contributed by atoms with Crippen molar-refractivity contribution in [1.82, 2.24) is 10.2 Å². The molecule has 2 aromatic carbocycles. The highest BCUT2D eigenvalue weighted by Gasteiger charge is 2.12. The summed E-state index contributed by atoms with van der Waals surface area (Å²) in [6.07, 6.45) is 5.88.